The molecule has 0 bridgehead atoms. The minimum Gasteiger partial charge on any atom is -0.465 e. The maximum Gasteiger partial charge on any atom is 0.410 e. The van der Waals surface area contributed by atoms with Crippen LogP contribution in [0.5, 0.6) is 0 Å². The zero-order valence-corrected chi connectivity index (χ0v) is 11.6. The van der Waals surface area contributed by atoms with E-state index in [1.807, 2.05) is 30.3 Å². The van der Waals surface area contributed by atoms with E-state index in [1.165, 1.54) is 4.90 Å². The van der Waals surface area contributed by atoms with E-state index in [2.05, 4.69) is 0 Å². The van der Waals surface area contributed by atoms with Gasteiger partial charge >= 0.3 is 12.1 Å². The fourth-order valence-corrected chi connectivity index (χ4v) is 1.56. The first-order valence-corrected chi connectivity index (χ1v) is 6.48. The quantitative estimate of drug-likeness (QED) is 0.758. The number of hydrogen-bond acceptors (Lipinski definition) is 5. The molecule has 0 aliphatic heterocycles. The van der Waals surface area contributed by atoms with E-state index in [0.29, 0.717) is 0 Å². The molecule has 0 spiro atoms. The number of amides is 1. The summed E-state index contributed by atoms with van der Waals surface area (Å²) in [5.74, 6) is -0.474. The lowest BCUT2D eigenvalue weighted by Gasteiger charge is -2.20. The van der Waals surface area contributed by atoms with Gasteiger partial charge in [0.1, 0.15) is 13.2 Å². The summed E-state index contributed by atoms with van der Waals surface area (Å²) >= 11 is 0. The molecule has 2 N–H and O–H groups in total. The highest BCUT2D eigenvalue weighted by atomic mass is 16.6. The van der Waals surface area contributed by atoms with E-state index in [-0.39, 0.29) is 32.8 Å². The third-order valence-electron chi connectivity index (χ3n) is 2.49. The molecule has 6 nitrogen and oxygen atoms in total. The molecule has 1 aromatic carbocycles. The van der Waals surface area contributed by atoms with Gasteiger partial charge in [-0.2, -0.15) is 0 Å². The lowest BCUT2D eigenvalue weighted by atomic mass is 10.2. The lowest BCUT2D eigenvalue weighted by molar-refractivity contribution is -0.144. The summed E-state index contributed by atoms with van der Waals surface area (Å²) in [4.78, 5) is 24.5. The second-order valence-corrected chi connectivity index (χ2v) is 4.06. The van der Waals surface area contributed by atoms with E-state index < -0.39 is 12.1 Å². The smallest absolute Gasteiger partial charge is 0.410 e. The summed E-state index contributed by atoms with van der Waals surface area (Å²) in [6.45, 7) is 2.47. The molecule has 0 saturated heterocycles. The summed E-state index contributed by atoms with van der Waals surface area (Å²) in [5, 5.41) is 0. The van der Waals surface area contributed by atoms with Gasteiger partial charge in [0.25, 0.3) is 0 Å². The van der Waals surface area contributed by atoms with Crippen molar-refractivity contribution in [2.24, 2.45) is 5.73 Å². The van der Waals surface area contributed by atoms with Gasteiger partial charge in [0.2, 0.25) is 0 Å². The highest BCUT2D eigenvalue weighted by molar-refractivity contribution is 5.78. The summed E-state index contributed by atoms with van der Waals surface area (Å²) in [5.41, 5.74) is 6.30. The van der Waals surface area contributed by atoms with Crippen LogP contribution in [-0.2, 0) is 20.9 Å². The highest BCUT2D eigenvalue weighted by Crippen LogP contribution is 2.03. The van der Waals surface area contributed by atoms with Crippen LogP contribution in [0, 0.1) is 0 Å². The van der Waals surface area contributed by atoms with E-state index in [1.54, 1.807) is 6.92 Å². The molecule has 0 aliphatic carbocycles. The summed E-state index contributed by atoms with van der Waals surface area (Å²) in [6, 6.07) is 9.31. The van der Waals surface area contributed by atoms with E-state index in [9.17, 15) is 9.59 Å². The molecule has 6 heteroatoms. The van der Waals surface area contributed by atoms with Crippen molar-refractivity contribution in [2.45, 2.75) is 13.5 Å². The van der Waals surface area contributed by atoms with Crippen molar-refractivity contribution in [2.75, 3.05) is 26.2 Å². The van der Waals surface area contributed by atoms with Crippen LogP contribution in [0.4, 0.5) is 4.79 Å². The minimum atomic E-state index is -0.577. The molecule has 0 radical (unpaired) electrons. The van der Waals surface area contributed by atoms with Gasteiger partial charge in [0.05, 0.1) is 6.61 Å². The Morgan fingerprint density at radius 1 is 1.20 bits per heavy atom. The number of nitrogens with two attached hydrogens (primary N) is 1. The Kier molecular flexibility index (Phi) is 7.13. The minimum absolute atomic E-state index is 0.154. The number of nitrogens with zero attached hydrogens (tertiary/aromatic N) is 1. The lowest BCUT2D eigenvalue weighted by Crippen LogP contribution is -2.40. The third kappa shape index (κ3) is 5.71. The van der Waals surface area contributed by atoms with Gasteiger partial charge in [0.15, 0.2) is 0 Å². The number of benzene rings is 1. The number of esters is 1. The molecule has 0 aliphatic rings. The number of hydrogen-bond donors (Lipinski definition) is 1. The molecular weight excluding hydrogens is 260 g/mol. The van der Waals surface area contributed by atoms with Crippen molar-refractivity contribution in [3.05, 3.63) is 35.9 Å². The van der Waals surface area contributed by atoms with E-state index >= 15 is 0 Å². The molecule has 0 heterocycles. The Morgan fingerprint density at radius 3 is 2.50 bits per heavy atom. The van der Waals surface area contributed by atoms with Crippen LogP contribution in [0.15, 0.2) is 30.3 Å². The summed E-state index contributed by atoms with van der Waals surface area (Å²) in [6.07, 6.45) is -0.577. The first-order valence-electron chi connectivity index (χ1n) is 6.48. The largest absolute Gasteiger partial charge is 0.465 e. The molecule has 20 heavy (non-hydrogen) atoms. The number of carbonyl (C=O) groups is 2. The van der Waals surface area contributed by atoms with Crippen molar-refractivity contribution in [3.8, 4) is 0 Å². The Hall–Kier alpha value is -2.08. The summed E-state index contributed by atoms with van der Waals surface area (Å²) < 4.78 is 9.95. The Morgan fingerprint density at radius 2 is 1.90 bits per heavy atom. The molecule has 0 fully saturated rings. The highest BCUT2D eigenvalue weighted by Gasteiger charge is 2.18. The fourth-order valence-electron chi connectivity index (χ4n) is 1.56. The van der Waals surface area contributed by atoms with Crippen molar-refractivity contribution in [1.29, 1.82) is 0 Å². The SMILES string of the molecule is CCOC(=O)CN(CCN)C(=O)OCc1ccccc1. The molecule has 0 atom stereocenters. The maximum absolute atomic E-state index is 11.9. The fraction of sp³-hybridized carbons (Fsp3) is 0.429. The molecule has 1 aromatic rings. The Balaban J connectivity index is 2.49. The molecular formula is C14H20N2O4. The molecule has 1 amide bonds. The van der Waals surface area contributed by atoms with Gasteiger partial charge in [-0.1, -0.05) is 30.3 Å². The number of ether oxygens (including phenoxy) is 2. The molecule has 1 rings (SSSR count). The van der Waals surface area contributed by atoms with Crippen molar-refractivity contribution in [3.63, 3.8) is 0 Å². The Bertz CT molecular complexity index is 422. The van der Waals surface area contributed by atoms with E-state index in [4.69, 9.17) is 15.2 Å². The van der Waals surface area contributed by atoms with Gasteiger partial charge in [-0.25, -0.2) is 4.79 Å². The molecule has 0 aromatic heterocycles. The van der Waals surface area contributed by atoms with Gasteiger partial charge < -0.3 is 15.2 Å². The van der Waals surface area contributed by atoms with E-state index in [0.717, 1.165) is 5.56 Å². The van der Waals surface area contributed by atoms with Crippen LogP contribution in [0.25, 0.3) is 0 Å². The monoisotopic (exact) mass is 280 g/mol. The summed E-state index contributed by atoms with van der Waals surface area (Å²) in [7, 11) is 0. The first kappa shape index (κ1) is 16.0. The molecule has 0 saturated carbocycles. The van der Waals surface area contributed by atoms with Crippen molar-refractivity contribution < 1.29 is 19.1 Å². The van der Waals surface area contributed by atoms with Gasteiger partial charge in [0, 0.05) is 13.1 Å². The normalized spacial score (nSPS) is 9.90. The molecule has 110 valence electrons. The van der Waals surface area contributed by atoms with Crippen molar-refractivity contribution in [1.82, 2.24) is 4.90 Å². The number of carbonyl (C=O) groups excluding carboxylic acids is 2. The van der Waals surface area contributed by atoms with Crippen LogP contribution in [0.1, 0.15) is 12.5 Å². The zero-order valence-electron chi connectivity index (χ0n) is 11.6. The molecule has 0 unspecified atom stereocenters. The topological polar surface area (TPSA) is 81.9 Å². The first-order chi connectivity index (χ1) is 9.67. The average molecular weight is 280 g/mol. The van der Waals surface area contributed by atoms with Gasteiger partial charge in [-0.15, -0.1) is 0 Å². The van der Waals surface area contributed by atoms with Crippen LogP contribution in [0.2, 0.25) is 0 Å². The standard InChI is InChI=1S/C14H20N2O4/c1-2-19-13(17)10-16(9-8-15)14(18)20-11-12-6-4-3-5-7-12/h3-7H,2,8-11,15H2,1H3. The van der Waals surface area contributed by atoms with Crippen LogP contribution in [0.3, 0.4) is 0 Å². The maximum atomic E-state index is 11.9. The van der Waals surface area contributed by atoms with Crippen LogP contribution >= 0.6 is 0 Å². The zero-order chi connectivity index (χ0) is 14.8. The second-order valence-electron chi connectivity index (χ2n) is 4.06. The van der Waals surface area contributed by atoms with Crippen molar-refractivity contribution >= 4 is 12.1 Å². The average Bonchev–Trinajstić information content (AvgIpc) is 2.45. The second kappa shape index (κ2) is 8.92. The van der Waals surface area contributed by atoms with Gasteiger partial charge in [-0.05, 0) is 12.5 Å². The predicted molar refractivity (Wildman–Crippen MR) is 73.9 cm³/mol. The van der Waals surface area contributed by atoms with Gasteiger partial charge in [-0.3, -0.25) is 9.69 Å². The number of rotatable bonds is 7. The van der Waals surface area contributed by atoms with Crippen LogP contribution < -0.4 is 5.73 Å². The predicted octanol–water partition coefficient (Wildman–Crippen LogP) is 1.15. The third-order valence-corrected chi connectivity index (χ3v) is 2.49. The van der Waals surface area contributed by atoms with Crippen LogP contribution in [-0.4, -0.2) is 43.2 Å². The Labute approximate surface area is 118 Å².